The second kappa shape index (κ2) is 5.08. The highest BCUT2D eigenvalue weighted by Gasteiger charge is 2.14. The van der Waals surface area contributed by atoms with Gasteiger partial charge in [0, 0.05) is 12.4 Å². The molecule has 0 N–H and O–H groups in total. The van der Waals surface area contributed by atoms with Crippen LogP contribution in [-0.4, -0.2) is 17.1 Å². The molecule has 1 atom stereocenters. The van der Waals surface area contributed by atoms with E-state index in [2.05, 4.69) is 16.0 Å². The van der Waals surface area contributed by atoms with Crippen molar-refractivity contribution in [3.63, 3.8) is 0 Å². The van der Waals surface area contributed by atoms with Gasteiger partial charge in [0.15, 0.2) is 0 Å². The summed E-state index contributed by atoms with van der Waals surface area (Å²) in [6.45, 7) is 0. The van der Waals surface area contributed by atoms with E-state index in [0.717, 1.165) is 11.3 Å². The summed E-state index contributed by atoms with van der Waals surface area (Å²) >= 11 is 0. The highest BCUT2D eigenvalue weighted by atomic mass is 16.5. The van der Waals surface area contributed by atoms with Gasteiger partial charge >= 0.3 is 0 Å². The minimum absolute atomic E-state index is 0.394. The molecule has 0 amide bonds. The highest BCUT2D eigenvalue weighted by molar-refractivity contribution is 5.37. The quantitative estimate of drug-likeness (QED) is 0.803. The lowest BCUT2D eigenvalue weighted by Gasteiger charge is -2.08. The van der Waals surface area contributed by atoms with Crippen molar-refractivity contribution in [3.05, 3.63) is 54.1 Å². The summed E-state index contributed by atoms with van der Waals surface area (Å²) in [6, 6.07) is 9.61. The molecule has 4 heteroatoms. The third-order valence-corrected chi connectivity index (χ3v) is 2.46. The summed E-state index contributed by atoms with van der Waals surface area (Å²) in [4.78, 5) is 8.13. The number of hydrogen-bond acceptors (Lipinski definition) is 4. The van der Waals surface area contributed by atoms with Crippen LogP contribution in [0.5, 0.6) is 5.75 Å². The van der Waals surface area contributed by atoms with Crippen LogP contribution in [0, 0.1) is 11.3 Å². The van der Waals surface area contributed by atoms with Gasteiger partial charge in [-0.1, -0.05) is 12.1 Å². The smallest absolute Gasteiger partial charge is 0.118 e. The van der Waals surface area contributed by atoms with Crippen LogP contribution in [0.1, 0.15) is 17.2 Å². The number of rotatable bonds is 3. The molecule has 0 saturated carbocycles. The van der Waals surface area contributed by atoms with Crippen molar-refractivity contribution in [1.82, 2.24) is 9.97 Å². The Morgan fingerprint density at radius 1 is 1.24 bits per heavy atom. The van der Waals surface area contributed by atoms with Crippen molar-refractivity contribution in [2.75, 3.05) is 7.11 Å². The molecule has 17 heavy (non-hydrogen) atoms. The van der Waals surface area contributed by atoms with E-state index in [1.54, 1.807) is 25.7 Å². The van der Waals surface area contributed by atoms with Crippen molar-refractivity contribution < 1.29 is 4.74 Å². The molecule has 2 rings (SSSR count). The fraction of sp³-hybridized carbons (Fsp3) is 0.154. The first-order valence-corrected chi connectivity index (χ1v) is 5.14. The van der Waals surface area contributed by atoms with Gasteiger partial charge in [0.2, 0.25) is 0 Å². The van der Waals surface area contributed by atoms with Gasteiger partial charge in [-0.25, -0.2) is 0 Å². The van der Waals surface area contributed by atoms with Crippen LogP contribution in [0.25, 0.3) is 0 Å². The molecule has 0 fully saturated rings. The van der Waals surface area contributed by atoms with E-state index < -0.39 is 5.92 Å². The van der Waals surface area contributed by atoms with E-state index in [4.69, 9.17) is 4.74 Å². The Labute approximate surface area is 99.5 Å². The van der Waals surface area contributed by atoms with Crippen molar-refractivity contribution in [3.8, 4) is 11.8 Å². The predicted molar refractivity (Wildman–Crippen MR) is 62.5 cm³/mol. The number of benzene rings is 1. The lowest BCUT2D eigenvalue weighted by Crippen LogP contribution is -2.01. The van der Waals surface area contributed by atoms with Gasteiger partial charge in [-0.2, -0.15) is 5.26 Å². The van der Waals surface area contributed by atoms with E-state index in [1.807, 2.05) is 24.3 Å². The second-order valence-corrected chi connectivity index (χ2v) is 3.47. The Balaban J connectivity index is 2.33. The third kappa shape index (κ3) is 2.40. The minimum atomic E-state index is -0.394. The van der Waals surface area contributed by atoms with Crippen molar-refractivity contribution in [2.45, 2.75) is 5.92 Å². The van der Waals surface area contributed by atoms with Gasteiger partial charge < -0.3 is 4.74 Å². The van der Waals surface area contributed by atoms with E-state index in [-0.39, 0.29) is 0 Å². The van der Waals surface area contributed by atoms with Gasteiger partial charge in [-0.05, 0) is 17.7 Å². The molecule has 1 aromatic carbocycles. The standard InChI is InChI=1S/C13H11N3O/c1-17-11-4-2-10(3-5-11)12(8-14)13-9-15-6-7-16-13/h2-7,9,12H,1H3. The molecule has 0 aliphatic heterocycles. The average Bonchev–Trinajstić information content (AvgIpc) is 2.42. The number of hydrogen-bond donors (Lipinski definition) is 0. The van der Waals surface area contributed by atoms with Crippen molar-refractivity contribution in [1.29, 1.82) is 5.26 Å². The number of aromatic nitrogens is 2. The van der Waals surface area contributed by atoms with Gasteiger partial charge in [0.1, 0.15) is 11.7 Å². The van der Waals surface area contributed by atoms with Crippen LogP contribution < -0.4 is 4.74 Å². The molecule has 0 aliphatic rings. The topological polar surface area (TPSA) is 58.8 Å². The highest BCUT2D eigenvalue weighted by Crippen LogP contribution is 2.23. The maximum absolute atomic E-state index is 9.21. The van der Waals surface area contributed by atoms with Gasteiger partial charge in [0.05, 0.1) is 25.1 Å². The third-order valence-electron chi connectivity index (χ3n) is 2.46. The summed E-state index contributed by atoms with van der Waals surface area (Å²) in [6.07, 6.45) is 4.78. The lowest BCUT2D eigenvalue weighted by atomic mass is 9.97. The Hall–Kier alpha value is -2.41. The van der Waals surface area contributed by atoms with Crippen molar-refractivity contribution in [2.24, 2.45) is 0 Å². The molecule has 0 saturated heterocycles. The molecule has 1 heterocycles. The largest absolute Gasteiger partial charge is 0.497 e. The van der Waals surface area contributed by atoms with Gasteiger partial charge in [0.25, 0.3) is 0 Å². The zero-order valence-electron chi connectivity index (χ0n) is 9.37. The fourth-order valence-electron chi connectivity index (χ4n) is 1.57. The number of nitriles is 1. The molecule has 0 radical (unpaired) electrons. The minimum Gasteiger partial charge on any atom is -0.497 e. The number of ether oxygens (including phenoxy) is 1. The average molecular weight is 225 g/mol. The number of nitrogens with zero attached hydrogens (tertiary/aromatic N) is 3. The molecule has 4 nitrogen and oxygen atoms in total. The first kappa shape index (κ1) is 11.1. The molecule has 1 aromatic heterocycles. The Kier molecular flexibility index (Phi) is 3.31. The van der Waals surface area contributed by atoms with Crippen LogP contribution in [0.2, 0.25) is 0 Å². The first-order chi connectivity index (χ1) is 8.35. The van der Waals surface area contributed by atoms with E-state index >= 15 is 0 Å². The van der Waals surface area contributed by atoms with Gasteiger partial charge in [-0.15, -0.1) is 0 Å². The molecule has 84 valence electrons. The van der Waals surface area contributed by atoms with Crippen LogP contribution in [0.4, 0.5) is 0 Å². The molecular formula is C13H11N3O. The lowest BCUT2D eigenvalue weighted by molar-refractivity contribution is 0.414. The maximum atomic E-state index is 9.21. The summed E-state index contributed by atoms with van der Waals surface area (Å²) in [5.74, 6) is 0.374. The van der Waals surface area contributed by atoms with Crippen LogP contribution in [0.3, 0.4) is 0 Å². The SMILES string of the molecule is COc1ccc(C(C#N)c2cnccn2)cc1. The summed E-state index contributed by atoms with van der Waals surface area (Å²) in [7, 11) is 1.61. The summed E-state index contributed by atoms with van der Waals surface area (Å²) < 4.78 is 5.08. The van der Waals surface area contributed by atoms with Gasteiger partial charge in [-0.3, -0.25) is 9.97 Å². The fourth-order valence-corrected chi connectivity index (χ4v) is 1.57. The number of methoxy groups -OCH3 is 1. The summed E-state index contributed by atoms with van der Waals surface area (Å²) in [5.41, 5.74) is 1.54. The zero-order valence-corrected chi connectivity index (χ0v) is 9.37. The van der Waals surface area contributed by atoms with E-state index in [9.17, 15) is 5.26 Å². The molecule has 0 aliphatic carbocycles. The van der Waals surface area contributed by atoms with Crippen LogP contribution >= 0.6 is 0 Å². The Morgan fingerprint density at radius 2 is 2.00 bits per heavy atom. The monoisotopic (exact) mass is 225 g/mol. The molecule has 0 bridgehead atoms. The van der Waals surface area contributed by atoms with E-state index in [0.29, 0.717) is 5.69 Å². The molecular weight excluding hydrogens is 214 g/mol. The predicted octanol–water partition coefficient (Wildman–Crippen LogP) is 2.14. The summed E-state index contributed by atoms with van der Waals surface area (Å²) in [5, 5.41) is 9.21. The van der Waals surface area contributed by atoms with Crippen LogP contribution in [-0.2, 0) is 0 Å². The van der Waals surface area contributed by atoms with E-state index in [1.165, 1.54) is 0 Å². The second-order valence-electron chi connectivity index (χ2n) is 3.47. The normalized spacial score (nSPS) is 11.5. The molecule has 0 spiro atoms. The maximum Gasteiger partial charge on any atom is 0.118 e. The van der Waals surface area contributed by atoms with Crippen molar-refractivity contribution >= 4 is 0 Å². The van der Waals surface area contributed by atoms with Crippen LogP contribution in [0.15, 0.2) is 42.9 Å². The Morgan fingerprint density at radius 3 is 2.53 bits per heavy atom. The zero-order chi connectivity index (χ0) is 12.1. The first-order valence-electron chi connectivity index (χ1n) is 5.14. The molecule has 2 aromatic rings. The Bertz CT molecular complexity index is 517. The molecule has 1 unspecified atom stereocenters.